The SMILES string of the molecule is CS[C@H](C)CCNC(=O)[C@H](O)c1ccccc1Cl. The van der Waals surface area contributed by atoms with E-state index in [0.717, 1.165) is 6.42 Å². The number of amides is 1. The van der Waals surface area contributed by atoms with Crippen molar-refractivity contribution in [2.75, 3.05) is 12.8 Å². The van der Waals surface area contributed by atoms with Gasteiger partial charge in [-0.3, -0.25) is 4.79 Å². The van der Waals surface area contributed by atoms with Crippen LogP contribution in [0.5, 0.6) is 0 Å². The molecule has 18 heavy (non-hydrogen) atoms. The van der Waals surface area contributed by atoms with Crippen LogP contribution in [0, 0.1) is 0 Å². The van der Waals surface area contributed by atoms with Gasteiger partial charge in [0.1, 0.15) is 0 Å². The van der Waals surface area contributed by atoms with Gasteiger partial charge in [0, 0.05) is 22.4 Å². The van der Waals surface area contributed by atoms with E-state index in [-0.39, 0.29) is 0 Å². The largest absolute Gasteiger partial charge is 0.378 e. The van der Waals surface area contributed by atoms with Crippen molar-refractivity contribution in [3.05, 3.63) is 34.9 Å². The third-order valence-corrected chi connectivity index (χ3v) is 4.09. The number of hydrogen-bond donors (Lipinski definition) is 2. The standard InChI is InChI=1S/C13H18ClNO2S/c1-9(18-2)7-8-15-13(17)12(16)10-5-3-4-6-11(10)14/h3-6,9,12,16H,7-8H2,1-2H3,(H,15,17)/t9-,12-/m1/s1. The first-order chi connectivity index (χ1) is 8.56. The van der Waals surface area contributed by atoms with Crippen LogP contribution in [-0.4, -0.2) is 29.1 Å². The Morgan fingerprint density at radius 1 is 1.50 bits per heavy atom. The molecular weight excluding hydrogens is 270 g/mol. The summed E-state index contributed by atoms with van der Waals surface area (Å²) in [6.45, 7) is 2.66. The average Bonchev–Trinajstić information content (AvgIpc) is 2.38. The maximum Gasteiger partial charge on any atom is 0.253 e. The number of nitrogens with one attached hydrogen (secondary N) is 1. The normalized spacial score (nSPS) is 14.0. The molecule has 0 spiro atoms. The minimum atomic E-state index is -1.21. The van der Waals surface area contributed by atoms with Gasteiger partial charge in [-0.15, -0.1) is 0 Å². The van der Waals surface area contributed by atoms with Crippen LogP contribution in [0.3, 0.4) is 0 Å². The van der Waals surface area contributed by atoms with Gasteiger partial charge in [-0.2, -0.15) is 11.8 Å². The minimum Gasteiger partial charge on any atom is -0.378 e. The number of benzene rings is 1. The molecule has 0 aliphatic carbocycles. The van der Waals surface area contributed by atoms with E-state index in [2.05, 4.69) is 12.2 Å². The van der Waals surface area contributed by atoms with Crippen molar-refractivity contribution in [3.8, 4) is 0 Å². The van der Waals surface area contributed by atoms with Crippen molar-refractivity contribution >= 4 is 29.3 Å². The van der Waals surface area contributed by atoms with Crippen molar-refractivity contribution < 1.29 is 9.90 Å². The van der Waals surface area contributed by atoms with Gasteiger partial charge in [0.15, 0.2) is 6.10 Å². The second kappa shape index (κ2) is 7.67. The minimum absolute atomic E-state index is 0.401. The van der Waals surface area contributed by atoms with E-state index in [9.17, 15) is 9.90 Å². The fraction of sp³-hybridized carbons (Fsp3) is 0.462. The molecule has 0 unspecified atom stereocenters. The Bertz CT molecular complexity index is 400. The summed E-state index contributed by atoms with van der Waals surface area (Å²) in [5.74, 6) is -0.406. The van der Waals surface area contributed by atoms with Gasteiger partial charge < -0.3 is 10.4 Å². The third kappa shape index (κ3) is 4.52. The number of carbonyl (C=O) groups is 1. The summed E-state index contributed by atoms with van der Waals surface area (Å²) in [6.07, 6.45) is 1.70. The van der Waals surface area contributed by atoms with Crippen LogP contribution in [0.1, 0.15) is 25.0 Å². The van der Waals surface area contributed by atoms with Crippen molar-refractivity contribution in [3.63, 3.8) is 0 Å². The number of halogens is 1. The lowest BCUT2D eigenvalue weighted by Crippen LogP contribution is -2.31. The highest BCUT2D eigenvalue weighted by Gasteiger charge is 2.19. The second-order valence-corrected chi connectivity index (χ2v) is 5.73. The topological polar surface area (TPSA) is 49.3 Å². The van der Waals surface area contributed by atoms with Crippen molar-refractivity contribution in [2.24, 2.45) is 0 Å². The molecule has 1 rings (SSSR count). The number of rotatable bonds is 6. The zero-order valence-electron chi connectivity index (χ0n) is 10.5. The Morgan fingerprint density at radius 3 is 2.78 bits per heavy atom. The zero-order chi connectivity index (χ0) is 13.5. The molecule has 2 atom stereocenters. The number of aliphatic hydroxyl groups excluding tert-OH is 1. The molecule has 5 heteroatoms. The number of thioether (sulfide) groups is 1. The van der Waals surface area contributed by atoms with Crippen LogP contribution in [0.2, 0.25) is 5.02 Å². The molecule has 3 nitrogen and oxygen atoms in total. The summed E-state index contributed by atoms with van der Waals surface area (Å²) in [6, 6.07) is 6.81. The molecule has 0 radical (unpaired) electrons. The Balaban J connectivity index is 2.49. The summed E-state index contributed by atoms with van der Waals surface area (Å²) in [5.41, 5.74) is 0.439. The van der Waals surface area contributed by atoms with Crippen LogP contribution in [0.4, 0.5) is 0 Å². The predicted molar refractivity (Wildman–Crippen MR) is 77.0 cm³/mol. The van der Waals surface area contributed by atoms with Crippen molar-refractivity contribution in [1.82, 2.24) is 5.32 Å². The van der Waals surface area contributed by atoms with Gasteiger partial charge in [-0.25, -0.2) is 0 Å². The quantitative estimate of drug-likeness (QED) is 0.846. The lowest BCUT2D eigenvalue weighted by atomic mass is 10.1. The van der Waals surface area contributed by atoms with Crippen LogP contribution in [0.25, 0.3) is 0 Å². The lowest BCUT2D eigenvalue weighted by molar-refractivity contribution is -0.129. The molecule has 1 amide bonds. The molecule has 0 saturated carbocycles. The molecule has 0 aliphatic heterocycles. The molecule has 2 N–H and O–H groups in total. The Labute approximate surface area is 117 Å². The summed E-state index contributed by atoms with van der Waals surface area (Å²) in [7, 11) is 0. The van der Waals surface area contributed by atoms with Gasteiger partial charge in [0.05, 0.1) is 0 Å². The lowest BCUT2D eigenvalue weighted by Gasteiger charge is -2.14. The fourth-order valence-corrected chi connectivity index (χ4v) is 2.04. The molecule has 0 fully saturated rings. The first kappa shape index (κ1) is 15.3. The second-order valence-electron chi connectivity index (χ2n) is 4.05. The predicted octanol–water partition coefficient (Wildman–Crippen LogP) is 2.63. The monoisotopic (exact) mass is 287 g/mol. The maximum atomic E-state index is 11.7. The van der Waals surface area contributed by atoms with Crippen molar-refractivity contribution in [2.45, 2.75) is 24.7 Å². The van der Waals surface area contributed by atoms with Crippen LogP contribution >= 0.6 is 23.4 Å². The Hall–Kier alpha value is -0.710. The summed E-state index contributed by atoms with van der Waals surface area (Å²) in [5, 5.41) is 13.5. The fourth-order valence-electron chi connectivity index (χ4n) is 1.45. The molecule has 1 aromatic carbocycles. The number of aliphatic hydroxyl groups is 1. The third-order valence-electron chi connectivity index (χ3n) is 2.70. The van der Waals surface area contributed by atoms with Crippen molar-refractivity contribution in [1.29, 1.82) is 0 Å². The van der Waals surface area contributed by atoms with Gasteiger partial charge in [0.2, 0.25) is 0 Å². The Kier molecular flexibility index (Phi) is 6.54. The molecule has 0 saturated heterocycles. The highest BCUT2D eigenvalue weighted by atomic mass is 35.5. The van der Waals surface area contributed by atoms with Gasteiger partial charge in [-0.1, -0.05) is 36.7 Å². The molecule has 0 heterocycles. The number of carbonyl (C=O) groups excluding carboxylic acids is 1. The first-order valence-electron chi connectivity index (χ1n) is 5.79. The summed E-state index contributed by atoms with van der Waals surface area (Å²) in [4.78, 5) is 11.7. The van der Waals surface area contributed by atoms with E-state index in [0.29, 0.717) is 22.4 Å². The molecule has 1 aromatic rings. The van der Waals surface area contributed by atoms with E-state index >= 15 is 0 Å². The van der Waals surface area contributed by atoms with E-state index in [1.807, 2.05) is 6.26 Å². The van der Waals surface area contributed by atoms with E-state index < -0.39 is 12.0 Å². The molecule has 0 aromatic heterocycles. The molecular formula is C13H18ClNO2S. The van der Waals surface area contributed by atoms with E-state index in [4.69, 9.17) is 11.6 Å². The van der Waals surface area contributed by atoms with Gasteiger partial charge in [-0.05, 0) is 18.7 Å². The highest BCUT2D eigenvalue weighted by molar-refractivity contribution is 7.99. The van der Waals surface area contributed by atoms with E-state index in [1.54, 1.807) is 36.0 Å². The number of hydrogen-bond acceptors (Lipinski definition) is 3. The molecule has 0 aliphatic rings. The van der Waals surface area contributed by atoms with Crippen LogP contribution < -0.4 is 5.32 Å². The summed E-state index contributed by atoms with van der Waals surface area (Å²) >= 11 is 7.68. The zero-order valence-corrected chi connectivity index (χ0v) is 12.1. The van der Waals surface area contributed by atoms with E-state index in [1.165, 1.54) is 0 Å². The maximum absolute atomic E-state index is 11.7. The molecule has 100 valence electrons. The Morgan fingerprint density at radius 2 is 2.17 bits per heavy atom. The van der Waals surface area contributed by atoms with Gasteiger partial charge in [0.25, 0.3) is 5.91 Å². The highest BCUT2D eigenvalue weighted by Crippen LogP contribution is 2.22. The van der Waals surface area contributed by atoms with Crippen LogP contribution in [-0.2, 0) is 4.79 Å². The van der Waals surface area contributed by atoms with Gasteiger partial charge >= 0.3 is 0 Å². The molecule has 0 bridgehead atoms. The smallest absolute Gasteiger partial charge is 0.253 e. The first-order valence-corrected chi connectivity index (χ1v) is 7.45. The van der Waals surface area contributed by atoms with Crippen LogP contribution in [0.15, 0.2) is 24.3 Å². The summed E-state index contributed by atoms with van der Waals surface area (Å²) < 4.78 is 0. The average molecular weight is 288 g/mol.